The zero-order valence-corrected chi connectivity index (χ0v) is 11.8. The molecule has 1 atom stereocenters. The summed E-state index contributed by atoms with van der Waals surface area (Å²) in [5.41, 5.74) is -0.0954. The number of anilines is 1. The molecule has 0 aliphatic heterocycles. The Labute approximate surface area is 115 Å². The molecule has 19 heavy (non-hydrogen) atoms. The van der Waals surface area contributed by atoms with Crippen LogP contribution in [0.1, 0.15) is 47.4 Å². The zero-order chi connectivity index (χ0) is 13.4. The lowest BCUT2D eigenvalue weighted by Gasteiger charge is -2.12. The topological polar surface area (TPSA) is 70.7 Å². The quantitative estimate of drug-likeness (QED) is 0.900. The molecule has 2 N–H and O–H groups in total. The van der Waals surface area contributed by atoms with E-state index >= 15 is 0 Å². The van der Waals surface area contributed by atoms with Gasteiger partial charge in [0.25, 0.3) is 5.56 Å². The lowest BCUT2D eigenvalue weighted by molar-refractivity contribution is 0.839. The molecular formula is C13H16N4OS. The van der Waals surface area contributed by atoms with Gasteiger partial charge >= 0.3 is 0 Å². The van der Waals surface area contributed by atoms with E-state index in [-0.39, 0.29) is 11.6 Å². The average molecular weight is 276 g/mol. The van der Waals surface area contributed by atoms with E-state index in [0.29, 0.717) is 11.7 Å². The molecular weight excluding hydrogens is 260 g/mol. The SMILES string of the molecule is Cc1cnc(C(C)Nc2cc(=O)[nH]c(C3CC3)n2)s1. The van der Waals surface area contributed by atoms with Crippen molar-refractivity contribution in [1.82, 2.24) is 15.0 Å². The molecule has 2 aromatic rings. The maximum atomic E-state index is 11.6. The summed E-state index contributed by atoms with van der Waals surface area (Å²) in [6.07, 6.45) is 4.10. The van der Waals surface area contributed by atoms with Crippen LogP contribution in [0.15, 0.2) is 17.1 Å². The molecule has 0 radical (unpaired) electrons. The lowest BCUT2D eigenvalue weighted by Crippen LogP contribution is -2.15. The molecule has 1 aliphatic carbocycles. The molecule has 0 aromatic carbocycles. The Balaban J connectivity index is 1.80. The summed E-state index contributed by atoms with van der Waals surface area (Å²) in [5, 5.41) is 4.26. The van der Waals surface area contributed by atoms with Gasteiger partial charge in [-0.15, -0.1) is 11.3 Å². The van der Waals surface area contributed by atoms with Gasteiger partial charge in [-0.25, -0.2) is 9.97 Å². The third-order valence-electron chi connectivity index (χ3n) is 3.10. The molecule has 2 heterocycles. The summed E-state index contributed by atoms with van der Waals surface area (Å²) in [5.74, 6) is 1.87. The van der Waals surface area contributed by atoms with E-state index in [1.807, 2.05) is 20.0 Å². The maximum Gasteiger partial charge on any atom is 0.252 e. The van der Waals surface area contributed by atoms with Crippen molar-refractivity contribution in [3.63, 3.8) is 0 Å². The van der Waals surface area contributed by atoms with Gasteiger partial charge in [0.15, 0.2) is 0 Å². The number of rotatable bonds is 4. The number of hydrogen-bond acceptors (Lipinski definition) is 5. The number of aromatic nitrogens is 3. The first-order valence-electron chi connectivity index (χ1n) is 6.42. The highest BCUT2D eigenvalue weighted by molar-refractivity contribution is 7.11. The van der Waals surface area contributed by atoms with Gasteiger partial charge in [-0.1, -0.05) is 0 Å². The van der Waals surface area contributed by atoms with E-state index in [9.17, 15) is 4.79 Å². The fraction of sp³-hybridized carbons (Fsp3) is 0.462. The predicted molar refractivity (Wildman–Crippen MR) is 75.7 cm³/mol. The second-order valence-electron chi connectivity index (χ2n) is 4.97. The van der Waals surface area contributed by atoms with Crippen LogP contribution in [0.4, 0.5) is 5.82 Å². The van der Waals surface area contributed by atoms with Gasteiger partial charge in [-0.2, -0.15) is 0 Å². The van der Waals surface area contributed by atoms with Crippen molar-refractivity contribution in [1.29, 1.82) is 0 Å². The summed E-state index contributed by atoms with van der Waals surface area (Å²) in [7, 11) is 0. The van der Waals surface area contributed by atoms with Gasteiger partial charge in [-0.05, 0) is 26.7 Å². The Kier molecular flexibility index (Phi) is 3.10. The summed E-state index contributed by atoms with van der Waals surface area (Å²) in [4.78, 5) is 24.4. The third kappa shape index (κ3) is 2.84. The average Bonchev–Trinajstić information content (AvgIpc) is 3.11. The minimum atomic E-state index is -0.0954. The van der Waals surface area contributed by atoms with Crippen LogP contribution < -0.4 is 10.9 Å². The van der Waals surface area contributed by atoms with Gasteiger partial charge in [0.1, 0.15) is 16.6 Å². The highest BCUT2D eigenvalue weighted by Gasteiger charge is 2.26. The second kappa shape index (κ2) is 4.77. The Hall–Kier alpha value is -1.69. The molecule has 0 bridgehead atoms. The van der Waals surface area contributed by atoms with E-state index in [0.717, 1.165) is 23.7 Å². The van der Waals surface area contributed by atoms with Crippen LogP contribution >= 0.6 is 11.3 Å². The first-order chi connectivity index (χ1) is 9.11. The van der Waals surface area contributed by atoms with Gasteiger partial charge in [0.05, 0.1) is 6.04 Å². The van der Waals surface area contributed by atoms with Crippen LogP contribution in [-0.4, -0.2) is 15.0 Å². The first-order valence-corrected chi connectivity index (χ1v) is 7.23. The molecule has 2 aromatic heterocycles. The molecule has 6 heteroatoms. The summed E-state index contributed by atoms with van der Waals surface area (Å²) in [6.45, 7) is 4.06. The van der Waals surface area contributed by atoms with Crippen molar-refractivity contribution in [2.24, 2.45) is 0 Å². The fourth-order valence-electron chi connectivity index (χ4n) is 1.96. The molecule has 5 nitrogen and oxygen atoms in total. The van der Waals surface area contributed by atoms with Gasteiger partial charge in [-0.3, -0.25) is 4.79 Å². The largest absolute Gasteiger partial charge is 0.361 e. The molecule has 0 saturated heterocycles. The van der Waals surface area contributed by atoms with Crippen LogP contribution in [0.25, 0.3) is 0 Å². The minimum Gasteiger partial charge on any atom is -0.361 e. The van der Waals surface area contributed by atoms with Crippen molar-refractivity contribution in [2.45, 2.75) is 38.6 Å². The smallest absolute Gasteiger partial charge is 0.252 e. The monoisotopic (exact) mass is 276 g/mol. The number of thiazole rings is 1. The first kappa shape index (κ1) is 12.3. The molecule has 1 unspecified atom stereocenters. The van der Waals surface area contributed by atoms with Crippen LogP contribution in [0.2, 0.25) is 0 Å². The maximum absolute atomic E-state index is 11.6. The standard InChI is InChI=1S/C13H16N4OS/c1-7-6-14-13(19-7)8(2)15-10-5-11(18)17-12(16-10)9-3-4-9/h5-6,8-9H,3-4H2,1-2H3,(H2,15,16,17,18). The third-order valence-corrected chi connectivity index (χ3v) is 4.19. The number of hydrogen-bond donors (Lipinski definition) is 2. The number of H-pyrrole nitrogens is 1. The molecule has 100 valence electrons. The van der Waals surface area contributed by atoms with E-state index in [1.165, 1.54) is 10.9 Å². The van der Waals surface area contributed by atoms with Crippen molar-refractivity contribution in [2.75, 3.05) is 5.32 Å². The molecule has 0 spiro atoms. The van der Waals surface area contributed by atoms with E-state index < -0.39 is 0 Å². The fourth-order valence-corrected chi connectivity index (χ4v) is 2.73. The molecule has 0 amide bonds. The minimum absolute atomic E-state index is 0.0556. The van der Waals surface area contributed by atoms with Crippen LogP contribution in [0, 0.1) is 6.92 Å². The van der Waals surface area contributed by atoms with E-state index in [1.54, 1.807) is 11.3 Å². The molecule has 3 rings (SSSR count). The van der Waals surface area contributed by atoms with Crippen molar-refractivity contribution >= 4 is 17.2 Å². The predicted octanol–water partition coefficient (Wildman–Crippen LogP) is 2.59. The number of nitrogens with one attached hydrogen (secondary N) is 2. The van der Waals surface area contributed by atoms with Crippen molar-refractivity contribution in [3.05, 3.63) is 38.3 Å². The summed E-state index contributed by atoms with van der Waals surface area (Å²) >= 11 is 1.65. The normalized spacial score (nSPS) is 16.3. The Morgan fingerprint density at radius 3 is 2.95 bits per heavy atom. The van der Waals surface area contributed by atoms with Gasteiger partial charge in [0.2, 0.25) is 0 Å². The Morgan fingerprint density at radius 2 is 2.32 bits per heavy atom. The van der Waals surface area contributed by atoms with Crippen LogP contribution in [0.5, 0.6) is 0 Å². The van der Waals surface area contributed by atoms with Crippen molar-refractivity contribution < 1.29 is 0 Å². The highest BCUT2D eigenvalue weighted by atomic mass is 32.1. The summed E-state index contributed by atoms with van der Waals surface area (Å²) < 4.78 is 0. The lowest BCUT2D eigenvalue weighted by atomic mass is 10.3. The van der Waals surface area contributed by atoms with Crippen LogP contribution in [0.3, 0.4) is 0 Å². The highest BCUT2D eigenvalue weighted by Crippen LogP contribution is 2.37. The van der Waals surface area contributed by atoms with E-state index in [4.69, 9.17) is 0 Å². The van der Waals surface area contributed by atoms with Crippen molar-refractivity contribution in [3.8, 4) is 0 Å². The van der Waals surface area contributed by atoms with E-state index in [2.05, 4.69) is 20.3 Å². The molecule has 1 saturated carbocycles. The Morgan fingerprint density at radius 1 is 1.53 bits per heavy atom. The van der Waals surface area contributed by atoms with Gasteiger partial charge in [0, 0.05) is 23.1 Å². The number of aromatic amines is 1. The number of nitrogens with zero attached hydrogens (tertiary/aromatic N) is 2. The molecule has 1 aliphatic rings. The number of aryl methyl sites for hydroxylation is 1. The Bertz CT molecular complexity index is 644. The second-order valence-corrected chi connectivity index (χ2v) is 6.23. The summed E-state index contributed by atoms with van der Waals surface area (Å²) in [6, 6.07) is 1.56. The zero-order valence-electron chi connectivity index (χ0n) is 10.9. The molecule has 1 fully saturated rings. The van der Waals surface area contributed by atoms with Gasteiger partial charge < -0.3 is 10.3 Å². The van der Waals surface area contributed by atoms with Crippen LogP contribution in [-0.2, 0) is 0 Å².